The third-order valence-electron chi connectivity index (χ3n) is 4.19. The molecule has 2 aromatic carbocycles. The summed E-state index contributed by atoms with van der Waals surface area (Å²) in [6, 6.07) is 12.9. The maximum absolute atomic E-state index is 12.5. The van der Waals surface area contributed by atoms with E-state index >= 15 is 0 Å². The van der Waals surface area contributed by atoms with Crippen molar-refractivity contribution < 1.29 is 14.3 Å². The van der Waals surface area contributed by atoms with E-state index in [4.69, 9.17) is 21.7 Å². The molecule has 2 aromatic rings. The van der Waals surface area contributed by atoms with Crippen molar-refractivity contribution in [3.63, 3.8) is 0 Å². The number of anilines is 1. The average Bonchev–Trinajstić information content (AvgIpc) is 2.67. The fourth-order valence-corrected chi connectivity index (χ4v) is 2.73. The summed E-state index contributed by atoms with van der Waals surface area (Å²) >= 11 is 5.31. The van der Waals surface area contributed by atoms with Crippen LogP contribution in [0.25, 0.3) is 0 Å². The van der Waals surface area contributed by atoms with Crippen LogP contribution >= 0.6 is 12.2 Å². The summed E-state index contributed by atoms with van der Waals surface area (Å²) in [5.74, 6) is 1.13. The van der Waals surface area contributed by atoms with Gasteiger partial charge in [-0.2, -0.15) is 0 Å². The zero-order chi connectivity index (χ0) is 19.1. The van der Waals surface area contributed by atoms with E-state index in [1.807, 2.05) is 18.2 Å². The van der Waals surface area contributed by atoms with Crippen molar-refractivity contribution in [1.82, 2.24) is 5.32 Å². The maximum Gasteiger partial charge on any atom is 0.257 e. The summed E-state index contributed by atoms with van der Waals surface area (Å²) in [5, 5.41) is 6.07. The molecule has 1 amide bonds. The number of rotatable bonds is 6. The van der Waals surface area contributed by atoms with Crippen LogP contribution in [0.15, 0.2) is 42.5 Å². The van der Waals surface area contributed by atoms with Gasteiger partial charge >= 0.3 is 0 Å². The van der Waals surface area contributed by atoms with Crippen molar-refractivity contribution in [2.45, 2.75) is 26.2 Å². The van der Waals surface area contributed by atoms with Crippen LogP contribution in [0.2, 0.25) is 0 Å². The summed E-state index contributed by atoms with van der Waals surface area (Å²) in [7, 11) is 3.07. The van der Waals surface area contributed by atoms with Gasteiger partial charge in [0.15, 0.2) is 5.11 Å². The molecule has 6 heteroatoms. The van der Waals surface area contributed by atoms with E-state index in [1.165, 1.54) is 14.2 Å². The van der Waals surface area contributed by atoms with Crippen molar-refractivity contribution in [1.29, 1.82) is 0 Å². The standard InChI is InChI=1S/C20H24N2O3S/c1-5-13(2)17-8-6-7-9-18(17)21-20(26)22-19(23)14-10-15(24-3)12-16(11-14)25-4/h6-13H,5H2,1-4H3,(H2,21,22,23,26)/t13-/m1/s1. The number of thiocarbonyl (C=S) groups is 1. The molecule has 0 saturated carbocycles. The Labute approximate surface area is 159 Å². The minimum Gasteiger partial charge on any atom is -0.497 e. The Bertz CT molecular complexity index is 770. The minimum atomic E-state index is -0.333. The number of methoxy groups -OCH3 is 2. The van der Waals surface area contributed by atoms with Crippen LogP contribution in [-0.2, 0) is 0 Å². The predicted octanol–water partition coefficient (Wildman–Crippen LogP) is 4.34. The first-order chi connectivity index (χ1) is 12.5. The topological polar surface area (TPSA) is 59.6 Å². The van der Waals surface area contributed by atoms with Crippen molar-refractivity contribution in [2.75, 3.05) is 19.5 Å². The summed E-state index contributed by atoms with van der Waals surface area (Å²) in [6.07, 6.45) is 1.02. The van der Waals surface area contributed by atoms with Crippen molar-refractivity contribution in [3.8, 4) is 11.5 Å². The summed E-state index contributed by atoms with van der Waals surface area (Å²) in [5.41, 5.74) is 2.46. The summed E-state index contributed by atoms with van der Waals surface area (Å²) in [6.45, 7) is 4.29. The second-order valence-corrected chi connectivity index (χ2v) is 6.31. The van der Waals surface area contributed by atoms with Gasteiger partial charge in [-0.15, -0.1) is 0 Å². The number of carbonyl (C=O) groups is 1. The highest BCUT2D eigenvalue weighted by atomic mass is 32.1. The number of hydrogen-bond donors (Lipinski definition) is 2. The van der Waals surface area contributed by atoms with Crippen LogP contribution in [-0.4, -0.2) is 25.2 Å². The molecule has 0 bridgehead atoms. The van der Waals surface area contributed by atoms with Gasteiger partial charge in [-0.05, 0) is 48.3 Å². The van der Waals surface area contributed by atoms with E-state index in [0.717, 1.165) is 17.7 Å². The number of ether oxygens (including phenoxy) is 2. The Morgan fingerprint density at radius 1 is 1.12 bits per heavy atom. The first-order valence-electron chi connectivity index (χ1n) is 8.42. The monoisotopic (exact) mass is 372 g/mol. The van der Waals surface area contributed by atoms with Crippen LogP contribution in [0.4, 0.5) is 5.69 Å². The molecule has 0 saturated heterocycles. The third kappa shape index (κ3) is 4.95. The van der Waals surface area contributed by atoms with Crippen LogP contribution in [0, 0.1) is 0 Å². The van der Waals surface area contributed by atoms with Gasteiger partial charge in [0.2, 0.25) is 0 Å². The number of para-hydroxylation sites is 1. The predicted molar refractivity (Wildman–Crippen MR) is 108 cm³/mol. The molecule has 0 heterocycles. The molecule has 0 radical (unpaired) electrons. The lowest BCUT2D eigenvalue weighted by Gasteiger charge is -2.17. The first-order valence-corrected chi connectivity index (χ1v) is 8.83. The number of carbonyl (C=O) groups excluding carboxylic acids is 1. The maximum atomic E-state index is 12.5. The molecular formula is C20H24N2O3S. The fourth-order valence-electron chi connectivity index (χ4n) is 2.53. The lowest BCUT2D eigenvalue weighted by Crippen LogP contribution is -2.34. The van der Waals surface area contributed by atoms with Crippen LogP contribution < -0.4 is 20.1 Å². The van der Waals surface area contributed by atoms with Gasteiger partial charge < -0.3 is 14.8 Å². The molecule has 0 aliphatic rings. The number of nitrogens with one attached hydrogen (secondary N) is 2. The Balaban J connectivity index is 2.12. The van der Waals surface area contributed by atoms with Crippen LogP contribution in [0.3, 0.4) is 0 Å². The Hall–Kier alpha value is -2.60. The van der Waals surface area contributed by atoms with Crippen molar-refractivity contribution in [2.24, 2.45) is 0 Å². The van der Waals surface area contributed by atoms with Gasteiger partial charge in [0, 0.05) is 17.3 Å². The van der Waals surface area contributed by atoms with E-state index < -0.39 is 0 Å². The molecule has 1 atom stereocenters. The Kier molecular flexibility index (Phi) is 6.97. The Morgan fingerprint density at radius 3 is 2.31 bits per heavy atom. The average molecular weight is 372 g/mol. The van der Waals surface area contributed by atoms with E-state index in [0.29, 0.717) is 23.0 Å². The molecule has 2 N–H and O–H groups in total. The Morgan fingerprint density at radius 2 is 1.73 bits per heavy atom. The second kappa shape index (κ2) is 9.20. The first kappa shape index (κ1) is 19.7. The van der Waals surface area contributed by atoms with Crippen molar-refractivity contribution >= 4 is 28.9 Å². The van der Waals surface area contributed by atoms with Gasteiger partial charge in [0.25, 0.3) is 5.91 Å². The van der Waals surface area contributed by atoms with Crippen LogP contribution in [0.5, 0.6) is 11.5 Å². The van der Waals surface area contributed by atoms with Gasteiger partial charge in [-0.1, -0.05) is 32.0 Å². The highest BCUT2D eigenvalue weighted by Gasteiger charge is 2.13. The zero-order valence-corrected chi connectivity index (χ0v) is 16.3. The summed E-state index contributed by atoms with van der Waals surface area (Å²) < 4.78 is 10.4. The molecule has 0 aromatic heterocycles. The van der Waals surface area contributed by atoms with E-state index in [9.17, 15) is 4.79 Å². The van der Waals surface area contributed by atoms with Gasteiger partial charge in [0.05, 0.1) is 14.2 Å². The molecule has 0 spiro atoms. The lowest BCUT2D eigenvalue weighted by atomic mass is 9.97. The number of hydrogen-bond acceptors (Lipinski definition) is 4. The number of benzene rings is 2. The highest BCUT2D eigenvalue weighted by molar-refractivity contribution is 7.80. The van der Waals surface area contributed by atoms with E-state index in [-0.39, 0.29) is 11.0 Å². The minimum absolute atomic E-state index is 0.243. The van der Waals surface area contributed by atoms with E-state index in [2.05, 4.69) is 30.5 Å². The van der Waals surface area contributed by atoms with Crippen molar-refractivity contribution in [3.05, 3.63) is 53.6 Å². The molecule has 138 valence electrons. The number of amides is 1. The molecule has 0 unspecified atom stereocenters. The van der Waals surface area contributed by atoms with E-state index in [1.54, 1.807) is 18.2 Å². The van der Waals surface area contributed by atoms with Gasteiger partial charge in [-0.3, -0.25) is 10.1 Å². The third-order valence-corrected chi connectivity index (χ3v) is 4.40. The smallest absolute Gasteiger partial charge is 0.257 e. The van der Waals surface area contributed by atoms with Gasteiger partial charge in [-0.25, -0.2) is 0 Å². The second-order valence-electron chi connectivity index (χ2n) is 5.91. The molecule has 0 fully saturated rings. The quantitative estimate of drug-likeness (QED) is 0.739. The normalized spacial score (nSPS) is 11.4. The molecule has 2 rings (SSSR count). The largest absolute Gasteiger partial charge is 0.497 e. The molecule has 0 aliphatic carbocycles. The molecular weight excluding hydrogens is 348 g/mol. The molecule has 26 heavy (non-hydrogen) atoms. The van der Waals surface area contributed by atoms with Crippen LogP contribution in [0.1, 0.15) is 42.1 Å². The highest BCUT2D eigenvalue weighted by Crippen LogP contribution is 2.26. The molecule has 5 nitrogen and oxygen atoms in total. The fraction of sp³-hybridized carbons (Fsp3) is 0.300. The lowest BCUT2D eigenvalue weighted by molar-refractivity contribution is 0.0977. The zero-order valence-electron chi connectivity index (χ0n) is 15.5. The van der Waals surface area contributed by atoms with Gasteiger partial charge in [0.1, 0.15) is 11.5 Å². The SMILES string of the molecule is CC[C@@H](C)c1ccccc1NC(=S)NC(=O)c1cc(OC)cc(OC)c1. The summed E-state index contributed by atoms with van der Waals surface area (Å²) in [4.78, 5) is 12.5. The molecule has 0 aliphatic heterocycles.